The Kier molecular flexibility index (Phi) is 8.74. The predicted molar refractivity (Wildman–Crippen MR) is 142 cm³/mol. The highest BCUT2D eigenvalue weighted by Gasteiger charge is 2.63. The van der Waals surface area contributed by atoms with Crippen molar-refractivity contribution in [2.45, 2.75) is 23.7 Å². The van der Waals surface area contributed by atoms with Gasteiger partial charge in [0.2, 0.25) is 0 Å². The van der Waals surface area contributed by atoms with Crippen LogP contribution in [0.5, 0.6) is 0 Å². The molecule has 2 aliphatic heterocycles. The van der Waals surface area contributed by atoms with Crippen molar-refractivity contribution in [3.63, 3.8) is 0 Å². The fourth-order valence-electron chi connectivity index (χ4n) is 4.15. The number of benzene rings is 2. The lowest BCUT2D eigenvalue weighted by Gasteiger charge is -2.39. The van der Waals surface area contributed by atoms with Crippen molar-refractivity contribution in [1.82, 2.24) is 15.6 Å². The molecule has 0 aliphatic carbocycles. The molecule has 3 heterocycles. The number of hydrogen-bond acceptors (Lipinski definition) is 8. The number of hydrogen-bond donors (Lipinski definition) is 4. The Balaban J connectivity index is 0.000000208. The first kappa shape index (κ1) is 32.1. The lowest BCUT2D eigenvalue weighted by Crippen LogP contribution is -2.58. The van der Waals surface area contributed by atoms with E-state index < -0.39 is 53.9 Å². The molecule has 3 amide bonds. The summed E-state index contributed by atoms with van der Waals surface area (Å²) < 4.78 is 90.1. The SMILES string of the molecule is CNC1(C(F)(F)F)OC(=O)Nc2ccc(Cl)cc21.O=C1Nc2ccc(Cl)cc2C(CNC(=O)c2nccs2)(C(F)(F)F)O1. The van der Waals surface area contributed by atoms with Gasteiger partial charge < -0.3 is 14.8 Å². The van der Waals surface area contributed by atoms with Crippen molar-refractivity contribution < 1.29 is 50.2 Å². The van der Waals surface area contributed by atoms with Crippen LogP contribution in [-0.2, 0) is 20.8 Å². The molecule has 1 aromatic heterocycles. The van der Waals surface area contributed by atoms with Gasteiger partial charge in [-0.2, -0.15) is 26.3 Å². The number of amides is 3. The number of carbonyl (C=O) groups excluding carboxylic acids is 3. The van der Waals surface area contributed by atoms with Crippen molar-refractivity contribution in [2.75, 3.05) is 24.2 Å². The summed E-state index contributed by atoms with van der Waals surface area (Å²) in [6.45, 7) is -1.02. The molecule has 4 N–H and O–H groups in total. The van der Waals surface area contributed by atoms with Crippen molar-refractivity contribution in [2.24, 2.45) is 0 Å². The molecule has 5 rings (SSSR count). The minimum atomic E-state index is -5.00. The highest BCUT2D eigenvalue weighted by Crippen LogP contribution is 2.48. The molecular weight excluding hydrogens is 655 g/mol. The summed E-state index contributed by atoms with van der Waals surface area (Å²) in [6.07, 6.45) is -10.9. The van der Waals surface area contributed by atoms with Crippen LogP contribution in [0.25, 0.3) is 0 Å². The summed E-state index contributed by atoms with van der Waals surface area (Å²) in [5.74, 6) is -0.809. The topological polar surface area (TPSA) is 131 Å². The Morgan fingerprint density at radius 2 is 1.49 bits per heavy atom. The van der Waals surface area contributed by atoms with Gasteiger partial charge in [-0.25, -0.2) is 14.6 Å². The first-order valence-corrected chi connectivity index (χ1v) is 13.3. The largest absolute Gasteiger partial charge is 0.447 e. The number of cyclic esters (lactones) is 2. The third kappa shape index (κ3) is 6.15. The summed E-state index contributed by atoms with van der Waals surface area (Å²) in [6, 6.07) is 7.38. The van der Waals surface area contributed by atoms with E-state index in [4.69, 9.17) is 23.2 Å². The second-order valence-electron chi connectivity index (χ2n) is 8.68. The molecule has 3 aromatic rings. The minimum Gasteiger partial charge on any atom is -0.426 e. The number of halogens is 8. The molecule has 0 saturated heterocycles. The Morgan fingerprint density at radius 1 is 0.930 bits per heavy atom. The van der Waals surface area contributed by atoms with Gasteiger partial charge >= 0.3 is 24.5 Å². The standard InChI is InChI=1S/C14H9ClF3N3O3S.C10H8ClF3N2O2/c15-7-1-2-9-8(5-7)13(14(16,17)18,24-12(23)21-9)6-20-10(22)11-19-3-4-25-11;1-15-9(10(12,13)14)6-4-5(11)2-3-7(6)16-8(17)18-9/h1-5H,6H2,(H,20,22)(H,21,23);2-4,15H,1H3,(H,16,17). The lowest BCUT2D eigenvalue weighted by atomic mass is 9.89. The van der Waals surface area contributed by atoms with E-state index in [1.54, 1.807) is 0 Å². The first-order chi connectivity index (χ1) is 20.0. The average Bonchev–Trinajstić information content (AvgIpc) is 3.46. The molecule has 43 heavy (non-hydrogen) atoms. The number of carbonyl (C=O) groups is 3. The molecular formula is C24H17Cl2F6N5O5S. The number of thiazole rings is 1. The summed E-state index contributed by atoms with van der Waals surface area (Å²) in [5, 5.41) is 10.1. The number of nitrogens with one attached hydrogen (secondary N) is 4. The number of aromatic nitrogens is 1. The number of anilines is 2. The maximum absolute atomic E-state index is 13.9. The third-order valence-electron chi connectivity index (χ3n) is 6.10. The summed E-state index contributed by atoms with van der Waals surface area (Å²) in [5.41, 5.74) is -6.74. The Morgan fingerprint density at radius 3 is 2.00 bits per heavy atom. The maximum Gasteiger partial charge on any atom is 0.447 e. The molecule has 230 valence electrons. The quantitative estimate of drug-likeness (QED) is 0.237. The van der Waals surface area contributed by atoms with Gasteiger partial charge in [0, 0.05) is 32.7 Å². The molecule has 10 nitrogen and oxygen atoms in total. The molecule has 0 fully saturated rings. The zero-order valence-corrected chi connectivity index (χ0v) is 23.6. The second kappa shape index (κ2) is 11.7. The van der Waals surface area contributed by atoms with Gasteiger partial charge in [-0.15, -0.1) is 11.3 Å². The van der Waals surface area contributed by atoms with Crippen molar-refractivity contribution in [1.29, 1.82) is 0 Å². The van der Waals surface area contributed by atoms with E-state index in [2.05, 4.69) is 30.4 Å². The van der Waals surface area contributed by atoms with Gasteiger partial charge in [0.25, 0.3) is 17.2 Å². The Hall–Kier alpha value is -3.80. The van der Waals surface area contributed by atoms with Crippen LogP contribution in [-0.4, -0.2) is 49.0 Å². The van der Waals surface area contributed by atoms with Crippen LogP contribution in [0.1, 0.15) is 20.9 Å². The number of nitrogens with zero attached hydrogens (tertiary/aromatic N) is 1. The van der Waals surface area contributed by atoms with Gasteiger partial charge in [0.1, 0.15) is 0 Å². The smallest absolute Gasteiger partial charge is 0.426 e. The van der Waals surface area contributed by atoms with Gasteiger partial charge in [-0.3, -0.25) is 20.7 Å². The number of alkyl halides is 6. The number of ether oxygens (including phenoxy) is 2. The second-order valence-corrected chi connectivity index (χ2v) is 10.4. The molecule has 0 saturated carbocycles. The maximum atomic E-state index is 13.9. The van der Waals surface area contributed by atoms with Crippen LogP contribution < -0.4 is 21.3 Å². The van der Waals surface area contributed by atoms with Crippen molar-refractivity contribution in [3.8, 4) is 0 Å². The van der Waals surface area contributed by atoms with Gasteiger partial charge in [0.05, 0.1) is 17.9 Å². The summed E-state index contributed by atoms with van der Waals surface area (Å²) in [4.78, 5) is 38.6. The molecule has 2 unspecified atom stereocenters. The van der Waals surface area contributed by atoms with Crippen LogP contribution >= 0.6 is 34.5 Å². The Bertz CT molecular complexity index is 1560. The van der Waals surface area contributed by atoms with Crippen LogP contribution in [0, 0.1) is 0 Å². The zero-order chi connectivity index (χ0) is 31.8. The third-order valence-corrected chi connectivity index (χ3v) is 7.34. The summed E-state index contributed by atoms with van der Waals surface area (Å²) in [7, 11) is 1.05. The highest BCUT2D eigenvalue weighted by molar-refractivity contribution is 7.11. The lowest BCUT2D eigenvalue weighted by molar-refractivity contribution is -0.275. The molecule has 0 spiro atoms. The normalized spacial score (nSPS) is 21.0. The molecule has 0 radical (unpaired) electrons. The van der Waals surface area contributed by atoms with E-state index in [1.807, 2.05) is 5.32 Å². The van der Waals surface area contributed by atoms with E-state index in [-0.39, 0.29) is 32.0 Å². The van der Waals surface area contributed by atoms with Crippen LogP contribution in [0.4, 0.5) is 47.3 Å². The van der Waals surface area contributed by atoms with E-state index >= 15 is 0 Å². The van der Waals surface area contributed by atoms with Crippen molar-refractivity contribution >= 4 is 64.0 Å². The van der Waals surface area contributed by atoms with Crippen LogP contribution in [0.2, 0.25) is 10.0 Å². The fraction of sp³-hybridized carbons (Fsp3) is 0.250. The van der Waals surface area contributed by atoms with E-state index in [0.29, 0.717) is 0 Å². The van der Waals surface area contributed by atoms with Gasteiger partial charge in [-0.1, -0.05) is 23.2 Å². The fourth-order valence-corrected chi connectivity index (χ4v) is 5.05. The number of fused-ring (bicyclic) bond motifs is 2. The molecule has 0 bridgehead atoms. The van der Waals surface area contributed by atoms with Gasteiger partial charge in [-0.05, 0) is 43.4 Å². The highest BCUT2D eigenvalue weighted by atomic mass is 35.5. The minimum absolute atomic E-state index is 0.00215. The van der Waals surface area contributed by atoms with Crippen molar-refractivity contribution in [3.05, 3.63) is 74.2 Å². The number of rotatable bonds is 4. The van der Waals surface area contributed by atoms with Gasteiger partial charge in [0.15, 0.2) is 5.01 Å². The van der Waals surface area contributed by atoms with E-state index in [9.17, 15) is 40.7 Å². The van der Waals surface area contributed by atoms with Crippen LogP contribution in [0.15, 0.2) is 48.0 Å². The first-order valence-electron chi connectivity index (χ1n) is 11.6. The monoisotopic (exact) mass is 671 g/mol. The van der Waals surface area contributed by atoms with Crippen LogP contribution in [0.3, 0.4) is 0 Å². The zero-order valence-electron chi connectivity index (χ0n) is 21.2. The summed E-state index contributed by atoms with van der Waals surface area (Å²) >= 11 is 12.5. The average molecular weight is 672 g/mol. The van der Waals surface area contributed by atoms with E-state index in [0.717, 1.165) is 30.5 Å². The van der Waals surface area contributed by atoms with E-state index in [1.165, 1.54) is 35.8 Å². The molecule has 2 aromatic carbocycles. The molecule has 2 atom stereocenters. The predicted octanol–water partition coefficient (Wildman–Crippen LogP) is 6.38. The molecule has 19 heteroatoms. The molecule has 2 aliphatic rings. The Labute approximate surface area is 251 Å².